The van der Waals surface area contributed by atoms with Crippen LogP contribution in [0.5, 0.6) is 0 Å². The summed E-state index contributed by atoms with van der Waals surface area (Å²) in [6, 6.07) is 14.4. The second-order valence-corrected chi connectivity index (χ2v) is 6.79. The molecular weight excluding hydrogens is 372 g/mol. The van der Waals surface area contributed by atoms with Crippen LogP contribution < -0.4 is 10.9 Å². The van der Waals surface area contributed by atoms with Crippen LogP contribution in [-0.2, 0) is 4.79 Å². The van der Waals surface area contributed by atoms with E-state index < -0.39 is 0 Å². The van der Waals surface area contributed by atoms with Crippen molar-refractivity contribution < 1.29 is 4.79 Å². The minimum Gasteiger partial charge on any atom is -0.325 e. The number of benzene rings is 2. The van der Waals surface area contributed by atoms with Crippen molar-refractivity contribution in [1.82, 2.24) is 15.2 Å². The largest absolute Gasteiger partial charge is 0.325 e. The molecule has 0 fully saturated rings. The molecule has 0 unspecified atom stereocenters. The topological polar surface area (TPSA) is 87.7 Å². The fraction of sp³-hybridized carbons (Fsp3) is 0.111. The first-order chi connectivity index (χ1) is 12.5. The number of hydrogen-bond acceptors (Lipinski definition) is 5. The Labute approximate surface area is 159 Å². The van der Waals surface area contributed by atoms with Crippen molar-refractivity contribution in [3.8, 4) is 11.3 Å². The van der Waals surface area contributed by atoms with Crippen LogP contribution in [0.25, 0.3) is 11.3 Å². The lowest BCUT2D eigenvalue weighted by Gasteiger charge is -2.09. The second-order valence-electron chi connectivity index (χ2n) is 5.42. The Morgan fingerprint density at radius 1 is 1.15 bits per heavy atom. The first-order valence-electron chi connectivity index (χ1n) is 7.75. The van der Waals surface area contributed by atoms with Gasteiger partial charge in [0, 0.05) is 16.3 Å². The van der Waals surface area contributed by atoms with Crippen molar-refractivity contribution in [2.45, 2.75) is 12.1 Å². The van der Waals surface area contributed by atoms with Gasteiger partial charge in [0.25, 0.3) is 5.56 Å². The van der Waals surface area contributed by atoms with Crippen LogP contribution in [0.15, 0.2) is 58.5 Å². The summed E-state index contributed by atoms with van der Waals surface area (Å²) >= 11 is 7.14. The number of nitrogens with one attached hydrogen (secondary N) is 2. The molecule has 0 atom stereocenters. The molecule has 26 heavy (non-hydrogen) atoms. The van der Waals surface area contributed by atoms with Crippen LogP contribution in [0, 0.1) is 6.92 Å². The Hall–Kier alpha value is -2.64. The summed E-state index contributed by atoms with van der Waals surface area (Å²) < 4.78 is 0. The van der Waals surface area contributed by atoms with Crippen LogP contribution in [0.3, 0.4) is 0 Å². The van der Waals surface area contributed by atoms with Crippen molar-refractivity contribution in [2.75, 3.05) is 11.1 Å². The molecule has 1 aromatic heterocycles. The number of halogens is 1. The highest BCUT2D eigenvalue weighted by atomic mass is 35.5. The summed E-state index contributed by atoms with van der Waals surface area (Å²) in [5.74, 6) is -0.142. The monoisotopic (exact) mass is 386 g/mol. The minimum atomic E-state index is -0.347. The zero-order valence-electron chi connectivity index (χ0n) is 13.8. The summed E-state index contributed by atoms with van der Waals surface area (Å²) in [6.07, 6.45) is 0. The molecule has 0 saturated heterocycles. The maximum absolute atomic E-state index is 12.2. The maximum atomic E-state index is 12.2. The Morgan fingerprint density at radius 2 is 1.92 bits per heavy atom. The van der Waals surface area contributed by atoms with E-state index in [1.54, 1.807) is 30.3 Å². The molecular formula is C18H15ClN4O2S. The fourth-order valence-electron chi connectivity index (χ4n) is 2.24. The van der Waals surface area contributed by atoms with Crippen LogP contribution in [0.1, 0.15) is 5.56 Å². The van der Waals surface area contributed by atoms with Gasteiger partial charge in [-0.05, 0) is 24.6 Å². The molecule has 2 N–H and O–H groups in total. The van der Waals surface area contributed by atoms with E-state index in [4.69, 9.17) is 11.6 Å². The van der Waals surface area contributed by atoms with Crippen LogP contribution in [-0.4, -0.2) is 26.8 Å². The molecule has 0 aliphatic rings. The second kappa shape index (κ2) is 8.16. The molecule has 2 aromatic carbocycles. The van der Waals surface area contributed by atoms with Gasteiger partial charge in [-0.25, -0.2) is 0 Å². The van der Waals surface area contributed by atoms with E-state index in [-0.39, 0.29) is 28.1 Å². The normalized spacial score (nSPS) is 10.5. The number of hydrogen-bond donors (Lipinski definition) is 2. The molecule has 1 amide bonds. The summed E-state index contributed by atoms with van der Waals surface area (Å²) in [7, 11) is 0. The third-order valence-electron chi connectivity index (χ3n) is 3.61. The van der Waals surface area contributed by atoms with E-state index in [2.05, 4.69) is 20.5 Å². The molecule has 0 aliphatic heterocycles. The number of nitrogens with zero attached hydrogens (tertiary/aromatic N) is 2. The fourth-order valence-corrected chi connectivity index (χ4v) is 3.01. The molecule has 0 bridgehead atoms. The van der Waals surface area contributed by atoms with Gasteiger partial charge < -0.3 is 5.32 Å². The smallest absolute Gasteiger partial charge is 0.278 e. The average molecular weight is 387 g/mol. The molecule has 0 radical (unpaired) electrons. The SMILES string of the molecule is Cc1c(Cl)cccc1NC(=O)CSc1nnc(-c2ccccc2)c(=O)[nH]1. The zero-order valence-corrected chi connectivity index (χ0v) is 15.4. The van der Waals surface area contributed by atoms with Crippen molar-refractivity contribution >= 4 is 35.0 Å². The molecule has 0 spiro atoms. The molecule has 3 aromatic rings. The van der Waals surface area contributed by atoms with E-state index in [9.17, 15) is 9.59 Å². The number of H-pyrrole nitrogens is 1. The summed E-state index contributed by atoms with van der Waals surface area (Å²) in [6.45, 7) is 1.83. The number of thioether (sulfide) groups is 1. The van der Waals surface area contributed by atoms with Gasteiger partial charge >= 0.3 is 0 Å². The number of rotatable bonds is 5. The molecule has 3 rings (SSSR count). The highest BCUT2D eigenvalue weighted by Crippen LogP contribution is 2.23. The first kappa shape index (κ1) is 18.2. The van der Waals surface area contributed by atoms with Gasteiger partial charge in [-0.15, -0.1) is 10.2 Å². The van der Waals surface area contributed by atoms with E-state index >= 15 is 0 Å². The van der Waals surface area contributed by atoms with Gasteiger partial charge in [-0.2, -0.15) is 0 Å². The number of carbonyl (C=O) groups excluding carboxylic acids is 1. The third-order valence-corrected chi connectivity index (χ3v) is 4.88. The maximum Gasteiger partial charge on any atom is 0.278 e. The first-order valence-corrected chi connectivity index (χ1v) is 9.11. The molecule has 132 valence electrons. The van der Waals surface area contributed by atoms with Gasteiger partial charge in [0.05, 0.1) is 5.75 Å². The van der Waals surface area contributed by atoms with Gasteiger partial charge in [0.15, 0.2) is 10.9 Å². The Kier molecular flexibility index (Phi) is 5.70. The van der Waals surface area contributed by atoms with Gasteiger partial charge in [0.1, 0.15) is 0 Å². The number of amides is 1. The van der Waals surface area contributed by atoms with E-state index in [0.717, 1.165) is 17.3 Å². The Balaban J connectivity index is 1.65. The predicted octanol–water partition coefficient (Wildman–Crippen LogP) is 3.52. The standard InChI is InChI=1S/C18H15ClN4O2S/c1-11-13(19)8-5-9-14(11)20-15(24)10-26-18-21-17(25)16(22-23-18)12-6-3-2-4-7-12/h2-9H,10H2,1H3,(H,20,24)(H,21,23,25). The van der Waals surface area contributed by atoms with Gasteiger partial charge in [-0.3, -0.25) is 14.6 Å². The van der Waals surface area contributed by atoms with Crippen molar-refractivity contribution in [3.05, 3.63) is 69.5 Å². The molecule has 6 nitrogen and oxygen atoms in total. The Morgan fingerprint density at radius 3 is 2.65 bits per heavy atom. The lowest BCUT2D eigenvalue weighted by Crippen LogP contribution is -2.17. The average Bonchev–Trinajstić information content (AvgIpc) is 2.64. The number of anilines is 1. The summed E-state index contributed by atoms with van der Waals surface area (Å²) in [5.41, 5.74) is 2.04. The van der Waals surface area contributed by atoms with Crippen molar-refractivity contribution in [1.29, 1.82) is 0 Å². The number of aromatic nitrogens is 3. The van der Waals surface area contributed by atoms with Crippen molar-refractivity contribution in [3.63, 3.8) is 0 Å². The van der Waals surface area contributed by atoms with E-state index in [1.165, 1.54) is 0 Å². The lowest BCUT2D eigenvalue weighted by atomic mass is 10.2. The zero-order chi connectivity index (χ0) is 18.5. The van der Waals surface area contributed by atoms with Crippen molar-refractivity contribution in [2.24, 2.45) is 0 Å². The molecule has 0 aliphatic carbocycles. The van der Waals surface area contributed by atoms with Crippen LogP contribution >= 0.6 is 23.4 Å². The van der Waals surface area contributed by atoms with E-state index in [1.807, 2.05) is 25.1 Å². The highest BCUT2D eigenvalue weighted by molar-refractivity contribution is 7.99. The molecule has 0 saturated carbocycles. The van der Waals surface area contributed by atoms with Gasteiger partial charge in [0.2, 0.25) is 5.91 Å². The quantitative estimate of drug-likeness (QED) is 0.655. The third kappa shape index (κ3) is 4.30. The Bertz CT molecular complexity index is 992. The van der Waals surface area contributed by atoms with E-state index in [0.29, 0.717) is 16.3 Å². The predicted molar refractivity (Wildman–Crippen MR) is 104 cm³/mol. The van der Waals surface area contributed by atoms with Gasteiger partial charge in [-0.1, -0.05) is 59.8 Å². The highest BCUT2D eigenvalue weighted by Gasteiger charge is 2.11. The number of carbonyl (C=O) groups is 1. The summed E-state index contributed by atoms with van der Waals surface area (Å²) in [4.78, 5) is 26.9. The van der Waals surface area contributed by atoms with Crippen LogP contribution in [0.4, 0.5) is 5.69 Å². The minimum absolute atomic E-state index is 0.0846. The molecule has 8 heteroatoms. The lowest BCUT2D eigenvalue weighted by molar-refractivity contribution is -0.113. The summed E-state index contributed by atoms with van der Waals surface area (Å²) in [5, 5.41) is 11.6. The number of aromatic amines is 1. The molecule has 1 heterocycles. The van der Waals surface area contributed by atoms with Crippen LogP contribution in [0.2, 0.25) is 5.02 Å².